The quantitative estimate of drug-likeness (QED) is 0.842. The maximum atomic E-state index is 12.6. The molecule has 0 saturated carbocycles. The second kappa shape index (κ2) is 7.55. The average molecular weight is 328 g/mol. The fourth-order valence-electron chi connectivity index (χ4n) is 3.28. The molecule has 2 aromatic rings. The molecule has 2 aromatic heterocycles. The molecule has 3 rings (SSSR count). The number of amides is 1. The molecule has 1 aliphatic rings. The molecule has 1 atom stereocenters. The predicted molar refractivity (Wildman–Crippen MR) is 90.2 cm³/mol. The van der Waals surface area contributed by atoms with E-state index >= 15 is 0 Å². The summed E-state index contributed by atoms with van der Waals surface area (Å²) in [7, 11) is 0. The van der Waals surface area contributed by atoms with Gasteiger partial charge in [-0.05, 0) is 37.8 Å². The van der Waals surface area contributed by atoms with Gasteiger partial charge in [0.1, 0.15) is 0 Å². The van der Waals surface area contributed by atoms with Crippen LogP contribution in [0.25, 0.3) is 11.5 Å². The second-order valence-electron chi connectivity index (χ2n) is 6.32. The summed E-state index contributed by atoms with van der Waals surface area (Å²) in [5, 5.41) is 8.35. The Morgan fingerprint density at radius 1 is 1.38 bits per heavy atom. The third-order valence-corrected chi connectivity index (χ3v) is 4.77. The van der Waals surface area contributed by atoms with E-state index in [-0.39, 0.29) is 17.7 Å². The zero-order valence-corrected chi connectivity index (χ0v) is 14.3. The predicted octanol–water partition coefficient (Wildman–Crippen LogP) is 3.27. The van der Waals surface area contributed by atoms with Crippen molar-refractivity contribution in [3.8, 4) is 11.5 Å². The van der Waals surface area contributed by atoms with Crippen molar-refractivity contribution in [2.45, 2.75) is 45.4 Å². The minimum absolute atomic E-state index is 0.120. The Balaban J connectivity index is 1.71. The van der Waals surface area contributed by atoms with Crippen molar-refractivity contribution in [3.05, 3.63) is 30.4 Å². The van der Waals surface area contributed by atoms with Crippen molar-refractivity contribution < 1.29 is 9.21 Å². The molecule has 0 spiro atoms. The molecule has 0 bridgehead atoms. The van der Waals surface area contributed by atoms with E-state index in [4.69, 9.17) is 4.42 Å². The van der Waals surface area contributed by atoms with Crippen LogP contribution in [0.1, 0.15) is 51.3 Å². The Kier molecular flexibility index (Phi) is 5.23. The number of pyridine rings is 1. The molecule has 1 aliphatic heterocycles. The molecule has 1 saturated heterocycles. The van der Waals surface area contributed by atoms with Gasteiger partial charge in [-0.1, -0.05) is 13.8 Å². The highest BCUT2D eigenvalue weighted by molar-refractivity contribution is 5.78. The molecule has 6 nitrogen and oxygen atoms in total. The molecule has 0 N–H and O–H groups in total. The molecular weight excluding hydrogens is 304 g/mol. The Labute approximate surface area is 142 Å². The number of hydrogen-bond donors (Lipinski definition) is 0. The summed E-state index contributed by atoms with van der Waals surface area (Å²) in [6.07, 6.45) is 7.15. The smallest absolute Gasteiger partial charge is 0.249 e. The first-order valence-electron chi connectivity index (χ1n) is 8.75. The fraction of sp³-hybridized carbons (Fsp3) is 0.556. The zero-order valence-electron chi connectivity index (χ0n) is 14.3. The minimum Gasteiger partial charge on any atom is -0.420 e. The molecule has 1 unspecified atom stereocenters. The average Bonchev–Trinajstić information content (AvgIpc) is 3.14. The Morgan fingerprint density at radius 3 is 2.92 bits per heavy atom. The SMILES string of the molecule is CCC(CC)C(=O)N1CCCC(c2nnc(-c3cccnc3)o2)C1. The molecule has 0 aromatic carbocycles. The number of hydrogen-bond acceptors (Lipinski definition) is 5. The highest BCUT2D eigenvalue weighted by Gasteiger charge is 2.30. The number of aromatic nitrogens is 3. The Morgan fingerprint density at radius 2 is 2.21 bits per heavy atom. The largest absolute Gasteiger partial charge is 0.420 e. The Hall–Kier alpha value is -2.24. The van der Waals surface area contributed by atoms with E-state index in [9.17, 15) is 4.79 Å². The Bertz CT molecular complexity index is 667. The van der Waals surface area contributed by atoms with Gasteiger partial charge in [0.05, 0.1) is 11.5 Å². The molecule has 1 fully saturated rings. The van der Waals surface area contributed by atoms with Crippen LogP contribution in [0.3, 0.4) is 0 Å². The molecule has 6 heteroatoms. The number of rotatable bonds is 5. The van der Waals surface area contributed by atoms with E-state index in [0.29, 0.717) is 18.3 Å². The van der Waals surface area contributed by atoms with E-state index in [1.807, 2.05) is 17.0 Å². The summed E-state index contributed by atoms with van der Waals surface area (Å²) in [5.41, 5.74) is 0.817. The normalized spacial score (nSPS) is 18.1. The summed E-state index contributed by atoms with van der Waals surface area (Å²) in [4.78, 5) is 18.7. The van der Waals surface area contributed by atoms with Crippen molar-refractivity contribution in [1.82, 2.24) is 20.1 Å². The molecule has 3 heterocycles. The van der Waals surface area contributed by atoms with Crippen molar-refractivity contribution >= 4 is 5.91 Å². The molecule has 24 heavy (non-hydrogen) atoms. The van der Waals surface area contributed by atoms with Crippen LogP contribution in [0.4, 0.5) is 0 Å². The first-order valence-corrected chi connectivity index (χ1v) is 8.75. The van der Waals surface area contributed by atoms with Crippen molar-refractivity contribution in [2.75, 3.05) is 13.1 Å². The topological polar surface area (TPSA) is 72.1 Å². The van der Waals surface area contributed by atoms with Crippen LogP contribution in [0.5, 0.6) is 0 Å². The summed E-state index contributed by atoms with van der Waals surface area (Å²) in [6.45, 7) is 5.65. The van der Waals surface area contributed by atoms with Crippen LogP contribution < -0.4 is 0 Å². The molecular formula is C18H24N4O2. The van der Waals surface area contributed by atoms with Gasteiger partial charge in [-0.3, -0.25) is 9.78 Å². The van der Waals surface area contributed by atoms with Crippen LogP contribution >= 0.6 is 0 Å². The van der Waals surface area contributed by atoms with Gasteiger partial charge in [0, 0.05) is 31.4 Å². The molecule has 128 valence electrons. The number of carbonyl (C=O) groups is 1. The van der Waals surface area contributed by atoms with Gasteiger partial charge in [-0.25, -0.2) is 0 Å². The lowest BCUT2D eigenvalue weighted by molar-refractivity contribution is -0.137. The van der Waals surface area contributed by atoms with Crippen molar-refractivity contribution in [3.63, 3.8) is 0 Å². The monoisotopic (exact) mass is 328 g/mol. The van der Waals surface area contributed by atoms with E-state index < -0.39 is 0 Å². The van der Waals surface area contributed by atoms with Gasteiger partial charge >= 0.3 is 0 Å². The second-order valence-corrected chi connectivity index (χ2v) is 6.32. The summed E-state index contributed by atoms with van der Waals surface area (Å²) >= 11 is 0. The lowest BCUT2D eigenvalue weighted by Gasteiger charge is -2.33. The first-order chi connectivity index (χ1) is 11.7. The van der Waals surface area contributed by atoms with E-state index in [1.54, 1.807) is 12.4 Å². The highest BCUT2D eigenvalue weighted by Crippen LogP contribution is 2.29. The van der Waals surface area contributed by atoms with E-state index in [0.717, 1.165) is 37.8 Å². The summed E-state index contributed by atoms with van der Waals surface area (Å²) < 4.78 is 5.85. The van der Waals surface area contributed by atoms with Gasteiger partial charge in [-0.15, -0.1) is 10.2 Å². The van der Waals surface area contributed by atoms with Crippen molar-refractivity contribution in [1.29, 1.82) is 0 Å². The maximum Gasteiger partial charge on any atom is 0.249 e. The highest BCUT2D eigenvalue weighted by atomic mass is 16.4. The number of nitrogens with zero attached hydrogens (tertiary/aromatic N) is 4. The van der Waals surface area contributed by atoms with Gasteiger partial charge in [-0.2, -0.15) is 0 Å². The fourth-order valence-corrected chi connectivity index (χ4v) is 3.28. The number of carbonyl (C=O) groups excluding carboxylic acids is 1. The third kappa shape index (κ3) is 3.47. The van der Waals surface area contributed by atoms with Crippen LogP contribution in [-0.4, -0.2) is 39.1 Å². The van der Waals surface area contributed by atoms with Crippen LogP contribution in [0, 0.1) is 5.92 Å². The third-order valence-electron chi connectivity index (χ3n) is 4.77. The van der Waals surface area contributed by atoms with Crippen LogP contribution in [0.2, 0.25) is 0 Å². The molecule has 1 amide bonds. The van der Waals surface area contributed by atoms with E-state index in [1.165, 1.54) is 0 Å². The van der Waals surface area contributed by atoms with Gasteiger partial charge in [0.2, 0.25) is 17.7 Å². The molecule has 0 aliphatic carbocycles. The lowest BCUT2D eigenvalue weighted by atomic mass is 9.95. The number of likely N-dealkylation sites (tertiary alicyclic amines) is 1. The maximum absolute atomic E-state index is 12.6. The van der Waals surface area contributed by atoms with Gasteiger partial charge in [0.15, 0.2) is 0 Å². The van der Waals surface area contributed by atoms with Crippen LogP contribution in [0.15, 0.2) is 28.9 Å². The standard InChI is InChI=1S/C18H24N4O2/c1-3-13(4-2)18(23)22-10-6-8-15(12-22)17-21-20-16(24-17)14-7-5-9-19-11-14/h5,7,9,11,13,15H,3-4,6,8,10,12H2,1-2H3. The zero-order chi connectivity index (χ0) is 16.9. The van der Waals surface area contributed by atoms with Gasteiger partial charge < -0.3 is 9.32 Å². The van der Waals surface area contributed by atoms with Crippen molar-refractivity contribution in [2.24, 2.45) is 5.92 Å². The van der Waals surface area contributed by atoms with E-state index in [2.05, 4.69) is 29.0 Å². The first kappa shape index (κ1) is 16.6. The minimum atomic E-state index is 0.120. The van der Waals surface area contributed by atoms with Gasteiger partial charge in [0.25, 0.3) is 0 Å². The summed E-state index contributed by atoms with van der Waals surface area (Å²) in [6, 6.07) is 3.74. The lowest BCUT2D eigenvalue weighted by Crippen LogP contribution is -2.42. The summed E-state index contributed by atoms with van der Waals surface area (Å²) in [5.74, 6) is 1.61. The number of piperidine rings is 1. The molecule has 0 radical (unpaired) electrons. The van der Waals surface area contributed by atoms with Crippen LogP contribution in [-0.2, 0) is 4.79 Å².